The molecule has 9 N–H and O–H groups in total. The summed E-state index contributed by atoms with van der Waals surface area (Å²) in [6.45, 7) is 3.97. The van der Waals surface area contributed by atoms with Crippen molar-refractivity contribution >= 4 is 35.5 Å². The molecule has 2 rings (SSSR count). The summed E-state index contributed by atoms with van der Waals surface area (Å²) in [6.07, 6.45) is -0.115. The van der Waals surface area contributed by atoms with Crippen molar-refractivity contribution in [1.82, 2.24) is 26.2 Å². The Labute approximate surface area is 249 Å². The molecule has 238 valence electrons. The van der Waals surface area contributed by atoms with Crippen molar-refractivity contribution in [1.29, 1.82) is 0 Å². The zero-order chi connectivity index (χ0) is 32.3. The van der Waals surface area contributed by atoms with Crippen LogP contribution in [0.1, 0.15) is 45.6 Å². The van der Waals surface area contributed by atoms with Gasteiger partial charge in [0.25, 0.3) is 0 Å². The number of aromatic hydroxyl groups is 1. The first-order valence-corrected chi connectivity index (χ1v) is 14.1. The molecule has 1 aromatic rings. The van der Waals surface area contributed by atoms with Crippen LogP contribution in [0.15, 0.2) is 24.3 Å². The highest BCUT2D eigenvalue weighted by atomic mass is 16.4. The highest BCUT2D eigenvalue weighted by Gasteiger charge is 2.40. The summed E-state index contributed by atoms with van der Waals surface area (Å²) in [5.41, 5.74) is 5.90. The quantitative estimate of drug-likeness (QED) is 0.109. The third-order valence-corrected chi connectivity index (χ3v) is 7.30. The van der Waals surface area contributed by atoms with Gasteiger partial charge in [-0.1, -0.05) is 32.4 Å². The predicted molar refractivity (Wildman–Crippen MR) is 153 cm³/mol. The number of likely N-dealkylation sites (tertiary alicyclic amines) is 1. The van der Waals surface area contributed by atoms with Gasteiger partial charge in [-0.2, -0.15) is 0 Å². The molecule has 0 radical (unpaired) electrons. The first kappa shape index (κ1) is 35.0. The molecule has 1 aromatic carbocycles. The lowest BCUT2D eigenvalue weighted by Crippen LogP contribution is -2.60. The maximum Gasteiger partial charge on any atom is 0.322 e. The third kappa shape index (κ3) is 10.2. The molecule has 0 unspecified atom stereocenters. The van der Waals surface area contributed by atoms with Crippen molar-refractivity contribution in [2.24, 2.45) is 11.7 Å². The van der Waals surface area contributed by atoms with Gasteiger partial charge in [0.05, 0.1) is 12.6 Å². The molecule has 0 aromatic heterocycles. The van der Waals surface area contributed by atoms with E-state index in [0.29, 0.717) is 18.4 Å². The molecule has 1 saturated heterocycles. The number of rotatable bonds is 15. The lowest BCUT2D eigenvalue weighted by Gasteiger charge is -2.31. The number of carboxylic acid groups (broad SMARTS) is 1. The number of hydrogen-bond donors (Lipinski definition) is 8. The van der Waals surface area contributed by atoms with Gasteiger partial charge in [-0.3, -0.25) is 28.8 Å². The fraction of sp³-hybridized carbons (Fsp3) is 0.571. The number of carboxylic acids is 1. The van der Waals surface area contributed by atoms with Crippen LogP contribution in [0.3, 0.4) is 0 Å². The number of benzene rings is 1. The summed E-state index contributed by atoms with van der Waals surface area (Å²) >= 11 is 0. The summed E-state index contributed by atoms with van der Waals surface area (Å²) in [5, 5.41) is 38.6. The van der Waals surface area contributed by atoms with E-state index in [1.54, 1.807) is 19.1 Å². The number of nitrogens with zero attached hydrogens (tertiary/aromatic N) is 1. The smallest absolute Gasteiger partial charge is 0.322 e. The van der Waals surface area contributed by atoms with Gasteiger partial charge in [0.2, 0.25) is 29.5 Å². The first-order valence-electron chi connectivity index (χ1n) is 14.1. The van der Waals surface area contributed by atoms with E-state index in [0.717, 1.165) is 0 Å². The molecule has 0 saturated carbocycles. The van der Waals surface area contributed by atoms with Crippen molar-refractivity contribution in [2.75, 3.05) is 19.6 Å². The van der Waals surface area contributed by atoms with Gasteiger partial charge >= 0.3 is 5.97 Å². The summed E-state index contributed by atoms with van der Waals surface area (Å²) in [4.78, 5) is 77.2. The highest BCUT2D eigenvalue weighted by Crippen LogP contribution is 2.21. The number of carbonyl (C=O) groups is 6. The van der Waals surface area contributed by atoms with Gasteiger partial charge in [0.15, 0.2) is 0 Å². The lowest BCUT2D eigenvalue weighted by atomic mass is 9.97. The monoisotopic (exact) mass is 606 g/mol. The van der Waals surface area contributed by atoms with Crippen molar-refractivity contribution in [3.05, 3.63) is 29.8 Å². The molecule has 0 aliphatic carbocycles. The van der Waals surface area contributed by atoms with Gasteiger partial charge in [-0.25, -0.2) is 0 Å². The molecular formula is C28H42N6O9. The maximum absolute atomic E-state index is 13.9. The van der Waals surface area contributed by atoms with Crippen LogP contribution in [-0.4, -0.2) is 106 Å². The molecule has 15 heteroatoms. The Kier molecular flexibility index (Phi) is 13.3. The van der Waals surface area contributed by atoms with Crippen LogP contribution < -0.4 is 27.0 Å². The summed E-state index contributed by atoms with van der Waals surface area (Å²) in [7, 11) is 0. The van der Waals surface area contributed by atoms with E-state index < -0.39 is 78.9 Å². The van der Waals surface area contributed by atoms with Crippen LogP contribution in [0, 0.1) is 5.92 Å². The maximum atomic E-state index is 13.9. The minimum Gasteiger partial charge on any atom is -0.508 e. The van der Waals surface area contributed by atoms with E-state index in [2.05, 4.69) is 21.3 Å². The second-order valence-electron chi connectivity index (χ2n) is 10.6. The van der Waals surface area contributed by atoms with Gasteiger partial charge in [-0.05, 0) is 43.4 Å². The molecule has 43 heavy (non-hydrogen) atoms. The highest BCUT2D eigenvalue weighted by molar-refractivity contribution is 5.96. The topological polar surface area (TPSA) is 240 Å². The van der Waals surface area contributed by atoms with Gasteiger partial charge in [0.1, 0.15) is 36.5 Å². The van der Waals surface area contributed by atoms with Crippen LogP contribution in [0.25, 0.3) is 0 Å². The number of aliphatic hydroxyl groups is 1. The molecule has 1 fully saturated rings. The fourth-order valence-electron chi connectivity index (χ4n) is 4.69. The Morgan fingerprint density at radius 2 is 1.65 bits per heavy atom. The zero-order valence-corrected chi connectivity index (χ0v) is 24.5. The van der Waals surface area contributed by atoms with E-state index in [-0.39, 0.29) is 31.1 Å². The Bertz CT molecular complexity index is 1160. The van der Waals surface area contributed by atoms with E-state index in [1.807, 2.05) is 6.92 Å². The van der Waals surface area contributed by atoms with Crippen LogP contribution in [0.5, 0.6) is 5.75 Å². The molecule has 5 amide bonds. The predicted octanol–water partition coefficient (Wildman–Crippen LogP) is -2.03. The lowest BCUT2D eigenvalue weighted by molar-refractivity contribution is -0.143. The van der Waals surface area contributed by atoms with Gasteiger partial charge < -0.3 is 47.2 Å². The Balaban J connectivity index is 2.31. The molecule has 0 spiro atoms. The van der Waals surface area contributed by atoms with Crippen LogP contribution in [0.2, 0.25) is 0 Å². The number of phenols is 1. The minimum atomic E-state index is -1.41. The van der Waals surface area contributed by atoms with Crippen molar-refractivity contribution in [3.8, 4) is 5.75 Å². The van der Waals surface area contributed by atoms with E-state index >= 15 is 0 Å². The Morgan fingerprint density at radius 1 is 1.00 bits per heavy atom. The number of nitrogens with two attached hydrogens (primary N) is 1. The molecule has 1 aliphatic rings. The van der Waals surface area contributed by atoms with Crippen LogP contribution in [0.4, 0.5) is 0 Å². The SMILES string of the molecule is CC[C@H](C)[C@H](NC(=O)[C@@H]1CCCN1C(=O)[C@H](Cc1ccc(O)cc1)NC(=O)[C@@H](NC(=O)CN)[C@@H](C)O)C(=O)NCC(=O)O. The van der Waals surface area contributed by atoms with Crippen molar-refractivity contribution in [2.45, 2.75) is 76.7 Å². The largest absolute Gasteiger partial charge is 0.508 e. The molecule has 1 heterocycles. The van der Waals surface area contributed by atoms with Crippen LogP contribution in [-0.2, 0) is 35.2 Å². The Morgan fingerprint density at radius 3 is 2.21 bits per heavy atom. The number of nitrogens with one attached hydrogen (secondary N) is 4. The van der Waals surface area contributed by atoms with Crippen LogP contribution >= 0.6 is 0 Å². The van der Waals surface area contributed by atoms with E-state index in [4.69, 9.17) is 10.8 Å². The summed E-state index contributed by atoms with van der Waals surface area (Å²) in [5.74, 6) is -5.00. The van der Waals surface area contributed by atoms with Crippen molar-refractivity contribution < 1.29 is 44.1 Å². The number of amides is 5. The van der Waals surface area contributed by atoms with E-state index in [9.17, 15) is 39.0 Å². The van der Waals surface area contributed by atoms with E-state index in [1.165, 1.54) is 24.0 Å². The standard InChI is InChI=1S/C28H42N6O9/c1-4-15(2)23(26(41)30-14-22(38)39)33-25(40)20-6-5-11-34(20)28(43)19(12-17-7-9-18(36)10-8-17)31-27(42)24(16(3)35)32-21(37)13-29/h7-10,15-16,19-20,23-24,35-36H,4-6,11-14,29H2,1-3H3,(H,30,41)(H,31,42)(H,32,37)(H,33,40)(H,38,39)/t15-,16+,19-,20-,23-,24-/m0/s1. The fourth-order valence-corrected chi connectivity index (χ4v) is 4.69. The second-order valence-corrected chi connectivity index (χ2v) is 10.6. The second kappa shape index (κ2) is 16.4. The third-order valence-electron chi connectivity index (χ3n) is 7.30. The average Bonchev–Trinajstić information content (AvgIpc) is 3.47. The first-order chi connectivity index (χ1) is 20.3. The minimum absolute atomic E-state index is 0.00569. The zero-order valence-electron chi connectivity index (χ0n) is 24.5. The van der Waals surface area contributed by atoms with Crippen molar-refractivity contribution in [3.63, 3.8) is 0 Å². The summed E-state index contributed by atoms with van der Waals surface area (Å²) in [6, 6.07) is 1.28. The summed E-state index contributed by atoms with van der Waals surface area (Å²) < 4.78 is 0. The van der Waals surface area contributed by atoms with Gasteiger partial charge in [0, 0.05) is 13.0 Å². The number of hydrogen-bond acceptors (Lipinski definition) is 9. The normalized spacial score (nSPS) is 18.0. The molecular weight excluding hydrogens is 564 g/mol. The molecule has 6 atom stereocenters. The molecule has 15 nitrogen and oxygen atoms in total. The van der Waals surface area contributed by atoms with Gasteiger partial charge in [-0.15, -0.1) is 0 Å². The average molecular weight is 607 g/mol. The number of aliphatic hydroxyl groups excluding tert-OH is 1. The Hall–Kier alpha value is -4.24. The number of aliphatic carboxylic acids is 1. The molecule has 0 bridgehead atoms. The number of phenolic OH excluding ortho intramolecular Hbond substituents is 1. The molecule has 1 aliphatic heterocycles. The number of carbonyl (C=O) groups excluding carboxylic acids is 5.